The van der Waals surface area contributed by atoms with Crippen LogP contribution in [0.15, 0.2) is 60.9 Å². The Morgan fingerprint density at radius 3 is 2.28 bits per heavy atom. The number of carbonyl (C=O) groups is 3. The number of nitrogens with zero attached hydrogens (tertiary/aromatic N) is 2. The van der Waals surface area contributed by atoms with E-state index in [9.17, 15) is 14.4 Å². The molecule has 0 saturated heterocycles. The molecule has 2 N–H and O–H groups in total. The minimum absolute atomic E-state index is 0.0134. The molecular formula is C21H18N4O4. The molecule has 0 atom stereocenters. The van der Waals surface area contributed by atoms with Crippen LogP contribution in [0.4, 0.5) is 17.2 Å². The number of benzene rings is 2. The lowest BCUT2D eigenvalue weighted by Gasteiger charge is -2.10. The van der Waals surface area contributed by atoms with E-state index in [2.05, 4.69) is 20.6 Å². The number of methoxy groups -OCH3 is 1. The summed E-state index contributed by atoms with van der Waals surface area (Å²) in [6.45, 7) is 1.50. The van der Waals surface area contributed by atoms with Gasteiger partial charge in [0.2, 0.25) is 0 Å². The van der Waals surface area contributed by atoms with E-state index in [4.69, 9.17) is 4.74 Å². The number of hydrogen-bond acceptors (Lipinski definition) is 7. The predicted octanol–water partition coefficient (Wildman–Crippen LogP) is 3.46. The first-order valence-electron chi connectivity index (χ1n) is 8.66. The number of ketones is 1. The number of anilines is 3. The van der Waals surface area contributed by atoms with Gasteiger partial charge in [-0.25, -0.2) is 14.8 Å². The Labute approximate surface area is 167 Å². The summed E-state index contributed by atoms with van der Waals surface area (Å²) in [5.41, 5.74) is 1.99. The minimum Gasteiger partial charge on any atom is -0.465 e. The molecule has 0 aliphatic rings. The van der Waals surface area contributed by atoms with Gasteiger partial charge in [-0.05, 0) is 43.3 Å². The van der Waals surface area contributed by atoms with Crippen LogP contribution in [0.1, 0.15) is 38.1 Å². The van der Waals surface area contributed by atoms with E-state index in [1.807, 2.05) is 0 Å². The lowest BCUT2D eigenvalue weighted by molar-refractivity contribution is 0.0601. The highest BCUT2D eigenvalue weighted by Crippen LogP contribution is 2.18. The average molecular weight is 390 g/mol. The molecule has 1 heterocycles. The molecule has 0 radical (unpaired) electrons. The van der Waals surface area contributed by atoms with E-state index in [1.54, 1.807) is 48.5 Å². The van der Waals surface area contributed by atoms with E-state index in [0.717, 1.165) is 5.69 Å². The Morgan fingerprint density at radius 1 is 0.931 bits per heavy atom. The third-order valence-corrected chi connectivity index (χ3v) is 4.03. The van der Waals surface area contributed by atoms with E-state index in [-0.39, 0.29) is 17.0 Å². The van der Waals surface area contributed by atoms with Crippen LogP contribution < -0.4 is 10.6 Å². The highest BCUT2D eigenvalue weighted by Gasteiger charge is 2.15. The average Bonchev–Trinajstić information content (AvgIpc) is 2.74. The summed E-state index contributed by atoms with van der Waals surface area (Å²) < 4.78 is 4.71. The smallest absolute Gasteiger partial charge is 0.339 e. The van der Waals surface area contributed by atoms with Gasteiger partial charge in [0.15, 0.2) is 5.78 Å². The fourth-order valence-electron chi connectivity index (χ4n) is 2.51. The number of aromatic nitrogens is 2. The van der Waals surface area contributed by atoms with Gasteiger partial charge < -0.3 is 15.4 Å². The van der Waals surface area contributed by atoms with Crippen LogP contribution in [0.25, 0.3) is 0 Å². The molecule has 0 aliphatic carbocycles. The van der Waals surface area contributed by atoms with Crippen molar-refractivity contribution >= 4 is 34.9 Å². The predicted molar refractivity (Wildman–Crippen MR) is 107 cm³/mol. The Hall–Kier alpha value is -4.07. The van der Waals surface area contributed by atoms with Gasteiger partial charge in [0, 0.05) is 11.3 Å². The summed E-state index contributed by atoms with van der Waals surface area (Å²) >= 11 is 0. The molecular weight excluding hydrogens is 372 g/mol. The fraction of sp³-hybridized carbons (Fsp3) is 0.0952. The number of para-hydroxylation sites is 1. The molecule has 3 rings (SSSR count). The molecule has 8 nitrogen and oxygen atoms in total. The third-order valence-electron chi connectivity index (χ3n) is 4.03. The number of esters is 1. The van der Waals surface area contributed by atoms with E-state index >= 15 is 0 Å². The summed E-state index contributed by atoms with van der Waals surface area (Å²) in [5, 5.41) is 5.67. The van der Waals surface area contributed by atoms with Crippen LogP contribution >= 0.6 is 0 Å². The normalized spacial score (nSPS) is 10.1. The number of rotatable bonds is 6. The maximum Gasteiger partial charge on any atom is 0.339 e. The van der Waals surface area contributed by atoms with Crippen molar-refractivity contribution in [1.82, 2.24) is 9.97 Å². The lowest BCUT2D eigenvalue weighted by Crippen LogP contribution is -2.17. The summed E-state index contributed by atoms with van der Waals surface area (Å²) in [6, 6.07) is 13.4. The molecule has 0 fully saturated rings. The quantitative estimate of drug-likeness (QED) is 0.490. The van der Waals surface area contributed by atoms with E-state index < -0.39 is 11.9 Å². The van der Waals surface area contributed by atoms with Crippen LogP contribution in [0.5, 0.6) is 0 Å². The summed E-state index contributed by atoms with van der Waals surface area (Å²) in [5.74, 6) is -0.638. The molecule has 0 aliphatic heterocycles. The minimum atomic E-state index is -0.553. The highest BCUT2D eigenvalue weighted by molar-refractivity contribution is 6.07. The van der Waals surface area contributed by atoms with E-state index in [1.165, 1.54) is 26.4 Å². The van der Waals surface area contributed by atoms with Gasteiger partial charge in [0.25, 0.3) is 5.91 Å². The summed E-state index contributed by atoms with van der Waals surface area (Å²) in [6.07, 6.45) is 2.74. The van der Waals surface area contributed by atoms with Gasteiger partial charge in [0.05, 0.1) is 30.8 Å². The molecule has 8 heteroatoms. The second kappa shape index (κ2) is 8.75. The van der Waals surface area contributed by atoms with Crippen molar-refractivity contribution in [1.29, 1.82) is 0 Å². The van der Waals surface area contributed by atoms with Crippen molar-refractivity contribution in [2.45, 2.75) is 6.92 Å². The van der Waals surface area contributed by atoms with Crippen LogP contribution in [-0.2, 0) is 4.74 Å². The van der Waals surface area contributed by atoms with Gasteiger partial charge in [-0.1, -0.05) is 12.1 Å². The van der Waals surface area contributed by atoms with Crippen LogP contribution in [0.2, 0.25) is 0 Å². The third kappa shape index (κ3) is 4.81. The number of amides is 1. The second-order valence-corrected chi connectivity index (χ2v) is 6.04. The van der Waals surface area contributed by atoms with E-state index in [0.29, 0.717) is 17.1 Å². The molecule has 0 spiro atoms. The van der Waals surface area contributed by atoms with Gasteiger partial charge >= 0.3 is 5.97 Å². The molecule has 0 unspecified atom stereocenters. The zero-order valence-corrected chi connectivity index (χ0v) is 15.8. The molecule has 29 heavy (non-hydrogen) atoms. The van der Waals surface area contributed by atoms with Crippen LogP contribution in [0.3, 0.4) is 0 Å². The Kier molecular flexibility index (Phi) is 5.94. The summed E-state index contributed by atoms with van der Waals surface area (Å²) in [4.78, 5) is 43.8. The van der Waals surface area contributed by atoms with Gasteiger partial charge in [0.1, 0.15) is 11.5 Å². The van der Waals surface area contributed by atoms with Gasteiger partial charge in [-0.2, -0.15) is 0 Å². The standard InChI is InChI=1S/C21H18N4O4/c1-13(26)14-7-9-15(10-8-14)24-19-12-22-18(11-23-19)20(27)25-17-6-4-3-5-16(17)21(28)29-2/h3-12H,1-2H3,(H,23,24)(H,25,27). The molecule has 3 aromatic rings. The zero-order chi connectivity index (χ0) is 20.8. The molecule has 146 valence electrons. The van der Waals surface area contributed by atoms with Crippen molar-refractivity contribution in [3.63, 3.8) is 0 Å². The van der Waals surface area contributed by atoms with Crippen LogP contribution in [0, 0.1) is 0 Å². The maximum atomic E-state index is 12.4. The molecule has 2 aromatic carbocycles. The molecule has 1 amide bonds. The first-order valence-corrected chi connectivity index (χ1v) is 8.66. The van der Waals surface area contributed by atoms with Gasteiger partial charge in [-0.3, -0.25) is 9.59 Å². The number of Topliss-reactive ketones (excluding diaryl/α,β-unsaturated/α-hetero) is 1. The Balaban J connectivity index is 1.69. The first-order chi connectivity index (χ1) is 14.0. The molecule has 1 aromatic heterocycles. The molecule has 0 saturated carbocycles. The van der Waals surface area contributed by atoms with Crippen molar-refractivity contribution < 1.29 is 19.1 Å². The Bertz CT molecular complexity index is 1050. The SMILES string of the molecule is COC(=O)c1ccccc1NC(=O)c1cnc(Nc2ccc(C(C)=O)cc2)cn1. The van der Waals surface area contributed by atoms with Crippen molar-refractivity contribution in [3.8, 4) is 0 Å². The highest BCUT2D eigenvalue weighted by atomic mass is 16.5. The first kappa shape index (κ1) is 19.7. The number of hydrogen-bond donors (Lipinski definition) is 2. The lowest BCUT2D eigenvalue weighted by atomic mass is 10.1. The number of nitrogens with one attached hydrogen (secondary N) is 2. The number of carbonyl (C=O) groups excluding carboxylic acids is 3. The van der Waals surface area contributed by atoms with Gasteiger partial charge in [-0.15, -0.1) is 0 Å². The Morgan fingerprint density at radius 2 is 1.66 bits per heavy atom. The summed E-state index contributed by atoms with van der Waals surface area (Å²) in [7, 11) is 1.27. The number of ether oxygens (including phenoxy) is 1. The van der Waals surface area contributed by atoms with Crippen molar-refractivity contribution in [3.05, 3.63) is 77.7 Å². The van der Waals surface area contributed by atoms with Crippen molar-refractivity contribution in [2.75, 3.05) is 17.7 Å². The largest absolute Gasteiger partial charge is 0.465 e. The second-order valence-electron chi connectivity index (χ2n) is 6.04. The topological polar surface area (TPSA) is 110 Å². The maximum absolute atomic E-state index is 12.4. The van der Waals surface area contributed by atoms with Crippen molar-refractivity contribution in [2.24, 2.45) is 0 Å². The molecule has 0 bridgehead atoms. The monoisotopic (exact) mass is 390 g/mol. The van der Waals surface area contributed by atoms with Crippen LogP contribution in [-0.4, -0.2) is 34.7 Å². The fourth-order valence-corrected chi connectivity index (χ4v) is 2.51. The zero-order valence-electron chi connectivity index (χ0n) is 15.8.